The second-order valence-electron chi connectivity index (χ2n) is 9.61. The number of hydrogen-bond donors (Lipinski definition) is 3. The molecule has 2 fully saturated rings. The van der Waals surface area contributed by atoms with Crippen LogP contribution in [-0.2, 0) is 6.42 Å². The molecular formula is C25H31NO3. The van der Waals surface area contributed by atoms with Gasteiger partial charge in [-0.1, -0.05) is 25.1 Å². The van der Waals surface area contributed by atoms with Crippen LogP contribution in [0.2, 0.25) is 0 Å². The Bertz CT molecular complexity index is 928. The average molecular weight is 394 g/mol. The fourth-order valence-electron chi connectivity index (χ4n) is 7.06. The predicted octanol–water partition coefficient (Wildman–Crippen LogP) is 4.43. The van der Waals surface area contributed by atoms with Gasteiger partial charge in [-0.05, 0) is 85.3 Å². The molecule has 5 rings (SSSR count). The van der Waals surface area contributed by atoms with E-state index in [-0.39, 0.29) is 17.6 Å². The van der Waals surface area contributed by atoms with Gasteiger partial charge in [-0.2, -0.15) is 0 Å². The van der Waals surface area contributed by atoms with Gasteiger partial charge in [0.1, 0.15) is 11.5 Å². The summed E-state index contributed by atoms with van der Waals surface area (Å²) in [6.07, 6.45) is 4.70. The second kappa shape index (κ2) is 6.66. The number of aromatic hydroxyl groups is 2. The van der Waals surface area contributed by atoms with Crippen molar-refractivity contribution in [1.29, 1.82) is 0 Å². The summed E-state index contributed by atoms with van der Waals surface area (Å²) in [4.78, 5) is 2.21. The highest BCUT2D eigenvalue weighted by molar-refractivity contribution is 5.58. The minimum atomic E-state index is -0.312. The van der Waals surface area contributed by atoms with Gasteiger partial charge in [0.25, 0.3) is 0 Å². The van der Waals surface area contributed by atoms with E-state index in [4.69, 9.17) is 0 Å². The lowest BCUT2D eigenvalue weighted by Gasteiger charge is -2.57. The summed E-state index contributed by atoms with van der Waals surface area (Å²) < 4.78 is 0. The third kappa shape index (κ3) is 2.68. The number of rotatable bonds is 2. The van der Waals surface area contributed by atoms with Gasteiger partial charge in [-0.25, -0.2) is 0 Å². The molecule has 0 amide bonds. The van der Waals surface area contributed by atoms with E-state index in [1.807, 2.05) is 30.3 Å². The number of benzene rings is 2. The first-order valence-corrected chi connectivity index (χ1v) is 10.9. The molecule has 0 unspecified atom stereocenters. The fourth-order valence-corrected chi connectivity index (χ4v) is 7.06. The maximum Gasteiger partial charge on any atom is 0.138 e. The van der Waals surface area contributed by atoms with E-state index >= 15 is 0 Å². The van der Waals surface area contributed by atoms with Gasteiger partial charge in [0, 0.05) is 18.5 Å². The lowest BCUT2D eigenvalue weighted by Crippen LogP contribution is -2.58. The van der Waals surface area contributed by atoms with Gasteiger partial charge in [-0.3, -0.25) is 0 Å². The monoisotopic (exact) mass is 393 g/mol. The second-order valence-corrected chi connectivity index (χ2v) is 9.61. The van der Waals surface area contributed by atoms with Crippen LogP contribution in [-0.4, -0.2) is 34.5 Å². The van der Waals surface area contributed by atoms with Crippen LogP contribution in [0, 0.1) is 17.3 Å². The summed E-state index contributed by atoms with van der Waals surface area (Å²) in [7, 11) is 2.06. The molecule has 2 saturated carbocycles. The predicted molar refractivity (Wildman–Crippen MR) is 114 cm³/mol. The van der Waals surface area contributed by atoms with Gasteiger partial charge in [0.2, 0.25) is 0 Å². The summed E-state index contributed by atoms with van der Waals surface area (Å²) in [5.41, 5.74) is 3.29. The van der Waals surface area contributed by atoms with Crippen LogP contribution in [0.4, 0.5) is 5.69 Å². The van der Waals surface area contributed by atoms with E-state index in [9.17, 15) is 15.3 Å². The van der Waals surface area contributed by atoms with Crippen molar-refractivity contribution in [3.8, 4) is 11.5 Å². The number of aryl methyl sites for hydroxylation is 1. The lowest BCUT2D eigenvalue weighted by atomic mass is 9.53. The number of para-hydroxylation sites is 2. The highest BCUT2D eigenvalue weighted by Crippen LogP contribution is 2.62. The Morgan fingerprint density at radius 2 is 1.83 bits per heavy atom. The molecule has 4 nitrogen and oxygen atoms in total. The molecule has 0 heterocycles. The summed E-state index contributed by atoms with van der Waals surface area (Å²) in [6.45, 7) is 2.28. The number of phenolic OH excluding ortho intramolecular Hbond substituents is 2. The zero-order valence-corrected chi connectivity index (χ0v) is 17.3. The summed E-state index contributed by atoms with van der Waals surface area (Å²) in [6, 6.07) is 13.5. The number of hydrogen-bond acceptors (Lipinski definition) is 4. The molecule has 6 atom stereocenters. The molecule has 0 radical (unpaired) electrons. The standard InChI is InChI=1S/C25H31NO3/c1-25-20(11-12-24(25)29)18-9-7-15-13-16(27)8-10-17(15)19(18)14-23(25)26(2)21-5-3-4-6-22(21)28/h3-6,8,10,13,18-20,23-24,27-29H,7,9,11-12,14H2,1-2H3/t18-,19-,20+,23+,24+,25-/m1/s1. The van der Waals surface area contributed by atoms with Crippen molar-refractivity contribution in [2.24, 2.45) is 17.3 Å². The van der Waals surface area contributed by atoms with Crippen LogP contribution in [0.15, 0.2) is 42.5 Å². The van der Waals surface area contributed by atoms with Crippen molar-refractivity contribution in [3.05, 3.63) is 53.6 Å². The van der Waals surface area contributed by atoms with Crippen LogP contribution in [0.1, 0.15) is 49.7 Å². The highest BCUT2D eigenvalue weighted by Gasteiger charge is 2.60. The third-order valence-corrected chi connectivity index (χ3v) is 8.50. The van der Waals surface area contributed by atoms with Gasteiger partial charge in [0.05, 0.1) is 11.8 Å². The molecule has 0 spiro atoms. The van der Waals surface area contributed by atoms with Crippen LogP contribution in [0.3, 0.4) is 0 Å². The van der Waals surface area contributed by atoms with Crippen molar-refractivity contribution in [3.63, 3.8) is 0 Å². The Labute approximate surface area is 172 Å². The third-order valence-electron chi connectivity index (χ3n) is 8.50. The SMILES string of the molecule is CN(c1ccccc1O)[C@H]1C[C@@H]2c3ccc(O)cc3CC[C@H]2[C@@H]2CC[C@H](O)[C@@]12C. The maximum atomic E-state index is 11.1. The van der Waals surface area contributed by atoms with Crippen LogP contribution < -0.4 is 4.90 Å². The number of fused-ring (bicyclic) bond motifs is 5. The summed E-state index contributed by atoms with van der Waals surface area (Å²) in [5, 5.41) is 31.6. The minimum Gasteiger partial charge on any atom is -0.508 e. The molecule has 29 heavy (non-hydrogen) atoms. The molecule has 0 aromatic heterocycles. The van der Waals surface area contributed by atoms with Crippen molar-refractivity contribution < 1.29 is 15.3 Å². The van der Waals surface area contributed by atoms with E-state index in [1.54, 1.807) is 6.07 Å². The Morgan fingerprint density at radius 3 is 2.62 bits per heavy atom. The molecule has 2 aromatic carbocycles. The lowest BCUT2D eigenvalue weighted by molar-refractivity contribution is -0.0395. The fraction of sp³-hybridized carbons (Fsp3) is 0.520. The van der Waals surface area contributed by atoms with E-state index in [2.05, 4.69) is 24.9 Å². The number of aliphatic hydroxyl groups excluding tert-OH is 1. The first kappa shape index (κ1) is 18.8. The van der Waals surface area contributed by atoms with Crippen molar-refractivity contribution in [1.82, 2.24) is 0 Å². The number of aliphatic hydroxyl groups is 1. The van der Waals surface area contributed by atoms with E-state index in [0.717, 1.165) is 37.8 Å². The molecule has 3 N–H and O–H groups in total. The van der Waals surface area contributed by atoms with E-state index in [0.29, 0.717) is 29.3 Å². The molecule has 3 aliphatic carbocycles. The van der Waals surface area contributed by atoms with E-state index < -0.39 is 0 Å². The molecule has 154 valence electrons. The average Bonchev–Trinajstić information content (AvgIpc) is 3.02. The highest BCUT2D eigenvalue weighted by atomic mass is 16.3. The maximum absolute atomic E-state index is 11.1. The Morgan fingerprint density at radius 1 is 1.03 bits per heavy atom. The number of nitrogens with zero attached hydrogens (tertiary/aromatic N) is 1. The molecule has 4 heteroatoms. The van der Waals surface area contributed by atoms with Gasteiger partial charge in [-0.15, -0.1) is 0 Å². The van der Waals surface area contributed by atoms with Crippen molar-refractivity contribution in [2.75, 3.05) is 11.9 Å². The quantitative estimate of drug-likeness (QED) is 0.706. The molecule has 3 aliphatic rings. The summed E-state index contributed by atoms with van der Waals surface area (Å²) in [5.74, 6) is 2.11. The van der Waals surface area contributed by atoms with Crippen LogP contribution >= 0.6 is 0 Å². The Balaban J connectivity index is 1.59. The van der Waals surface area contributed by atoms with Crippen molar-refractivity contribution in [2.45, 2.75) is 57.1 Å². The van der Waals surface area contributed by atoms with Gasteiger partial charge < -0.3 is 20.2 Å². The first-order chi connectivity index (χ1) is 13.9. The first-order valence-electron chi connectivity index (χ1n) is 10.9. The zero-order valence-electron chi connectivity index (χ0n) is 17.3. The minimum absolute atomic E-state index is 0.138. The number of anilines is 1. The largest absolute Gasteiger partial charge is 0.508 e. The molecular weight excluding hydrogens is 362 g/mol. The van der Waals surface area contributed by atoms with Gasteiger partial charge >= 0.3 is 0 Å². The smallest absolute Gasteiger partial charge is 0.138 e. The van der Waals surface area contributed by atoms with E-state index in [1.165, 1.54) is 11.1 Å². The van der Waals surface area contributed by atoms with Crippen molar-refractivity contribution >= 4 is 5.69 Å². The summed E-state index contributed by atoms with van der Waals surface area (Å²) >= 11 is 0. The molecule has 2 aromatic rings. The van der Waals surface area contributed by atoms with Crippen LogP contribution in [0.5, 0.6) is 11.5 Å². The van der Waals surface area contributed by atoms with Gasteiger partial charge in [0.15, 0.2) is 0 Å². The zero-order chi connectivity index (χ0) is 20.3. The normalized spacial score (nSPS) is 35.5. The number of phenols is 2. The molecule has 0 aliphatic heterocycles. The molecule has 0 bridgehead atoms. The topological polar surface area (TPSA) is 63.9 Å². The Hall–Kier alpha value is -2.20. The van der Waals surface area contributed by atoms with Crippen LogP contribution in [0.25, 0.3) is 0 Å². The molecule has 0 saturated heterocycles. The Kier molecular flexibility index (Phi) is 4.32.